The Kier molecular flexibility index (Phi) is 39.1. The maximum absolute atomic E-state index is 12.3. The molecule has 0 heterocycles. The Balaban J connectivity index is -0.000000806. The summed E-state index contributed by atoms with van der Waals surface area (Å²) in [6.45, 7) is 10.9. The van der Waals surface area contributed by atoms with Crippen molar-refractivity contribution in [1.82, 2.24) is 0 Å². The molecule has 0 aliphatic carbocycles. The van der Waals surface area contributed by atoms with Gasteiger partial charge in [0.25, 0.3) is 7.82 Å². The molecule has 9 nitrogen and oxygen atoms in total. The average Bonchev–Trinajstić information content (AvgIpc) is 2.93. The number of carboxylic acid groups (broad SMARTS) is 1. The van der Waals surface area contributed by atoms with E-state index in [-0.39, 0.29) is 42.7 Å². The van der Waals surface area contributed by atoms with Gasteiger partial charge in [0.05, 0.1) is 13.2 Å². The molecule has 1 N–H and O–H groups in total. The van der Waals surface area contributed by atoms with Gasteiger partial charge in [-0.1, -0.05) is 163 Å². The van der Waals surface area contributed by atoms with Crippen LogP contribution in [0.25, 0.3) is 0 Å². The molecule has 0 fully saturated rings. The largest absolute Gasteiger partial charge is 2.00 e. The van der Waals surface area contributed by atoms with E-state index in [1.165, 1.54) is 83.5 Å². The zero-order chi connectivity index (χ0) is 34.2. The van der Waals surface area contributed by atoms with Crippen molar-refractivity contribution in [3.8, 4) is 0 Å². The summed E-state index contributed by atoms with van der Waals surface area (Å²) in [6, 6.07) is 0. The number of unbranched alkanes of at least 4 members (excludes halogenated alkanes) is 18. The van der Waals surface area contributed by atoms with Gasteiger partial charge in [-0.2, -0.15) is 0 Å². The van der Waals surface area contributed by atoms with Crippen LogP contribution >= 0.6 is 15.6 Å². The summed E-state index contributed by atoms with van der Waals surface area (Å²) in [4.78, 5) is 29.9. The number of carbonyl (C=O) groups is 1. The Morgan fingerprint density at radius 2 is 0.935 bits per heavy atom. The van der Waals surface area contributed by atoms with Crippen molar-refractivity contribution in [3.05, 3.63) is 0 Å². The third kappa shape index (κ3) is 44.5. The van der Waals surface area contributed by atoms with Gasteiger partial charge in [0, 0.05) is 5.97 Å². The summed E-state index contributed by atoms with van der Waals surface area (Å²) in [5.41, 5.74) is 0. The molecule has 0 rings (SSSR count). The van der Waals surface area contributed by atoms with Crippen molar-refractivity contribution in [2.24, 2.45) is 11.8 Å². The van der Waals surface area contributed by atoms with Crippen LogP contribution in [0.1, 0.15) is 189 Å². The second kappa shape index (κ2) is 35.3. The van der Waals surface area contributed by atoms with Crippen molar-refractivity contribution >= 4 is 44.7 Å². The molecule has 0 radical (unpaired) electrons. The second-order valence-corrected chi connectivity index (χ2v) is 16.2. The first-order valence-electron chi connectivity index (χ1n) is 18.2. The fourth-order valence-electron chi connectivity index (χ4n) is 4.87. The summed E-state index contributed by atoms with van der Waals surface area (Å²) < 4.78 is 37.5. The van der Waals surface area contributed by atoms with E-state index in [4.69, 9.17) is 13.9 Å². The molecule has 0 aromatic heterocycles. The number of rotatable bonds is 32. The molecule has 1 unspecified atom stereocenters. The number of carboxylic acids is 1. The number of phosphoric ester groups is 1. The average molecular weight is 709 g/mol. The van der Waals surface area contributed by atoms with Crippen LogP contribution < -0.4 is 10.00 Å². The van der Waals surface area contributed by atoms with E-state index in [1.54, 1.807) is 0 Å². The van der Waals surface area contributed by atoms with Crippen LogP contribution in [0.4, 0.5) is 0 Å². The zero-order valence-corrected chi connectivity index (χ0v) is 33.6. The molecule has 46 heavy (non-hydrogen) atoms. The quantitative estimate of drug-likeness (QED) is 0.0410. The fourth-order valence-corrected chi connectivity index (χ4v) is 7.04. The minimum atomic E-state index is -5.20. The van der Waals surface area contributed by atoms with Crippen molar-refractivity contribution < 1.29 is 42.2 Å². The molecule has 0 bridgehead atoms. The van der Waals surface area contributed by atoms with Crippen LogP contribution in [0, 0.1) is 11.8 Å². The third-order valence-electron chi connectivity index (χ3n) is 7.54. The minimum absolute atomic E-state index is 0. The van der Waals surface area contributed by atoms with Gasteiger partial charge in [-0.15, -0.1) is 0 Å². The predicted octanol–water partition coefficient (Wildman–Crippen LogP) is 9.65. The molecule has 1 atom stereocenters. The van der Waals surface area contributed by atoms with E-state index in [0.29, 0.717) is 24.7 Å². The standard InChI is InChI=1S/C18H36O2.C16H36O7P2.Mg/c1-2-3-4-5-6-7-8-9-10-11-12-13-14-15-16-17-18(19)20;1-15(2)11-7-5-9-13-21-25(20,23-24(17,18)19)22-14-10-6-8-12-16(3)4;/h2-17H2,1H3,(H,19,20);15-16H,5-14H2,1-4H3,(H2,17,18,19);/q;;+2/p-2. The molecule has 0 saturated carbocycles. The van der Waals surface area contributed by atoms with Crippen molar-refractivity contribution in [1.29, 1.82) is 0 Å². The number of hydrogen-bond acceptors (Lipinski definition) is 8. The zero-order valence-electron chi connectivity index (χ0n) is 30.4. The van der Waals surface area contributed by atoms with E-state index in [9.17, 15) is 23.9 Å². The monoisotopic (exact) mass is 708 g/mol. The molecule has 0 amide bonds. The Labute approximate surface area is 299 Å². The van der Waals surface area contributed by atoms with Crippen LogP contribution in [0.2, 0.25) is 0 Å². The molecule has 12 heteroatoms. The van der Waals surface area contributed by atoms with E-state index in [2.05, 4.69) is 38.9 Å². The fraction of sp³-hybridized carbons (Fsp3) is 0.971. The van der Waals surface area contributed by atoms with Crippen molar-refractivity contribution in [2.75, 3.05) is 13.2 Å². The summed E-state index contributed by atoms with van der Waals surface area (Å²) in [5, 5.41) is 10.2. The van der Waals surface area contributed by atoms with E-state index >= 15 is 0 Å². The molecular formula is C34H70MgO9P2. The first-order chi connectivity index (χ1) is 21.3. The molecular weight excluding hydrogens is 639 g/mol. The van der Waals surface area contributed by atoms with E-state index in [0.717, 1.165) is 51.4 Å². The van der Waals surface area contributed by atoms with Crippen LogP contribution in [0.5, 0.6) is 0 Å². The first-order valence-corrected chi connectivity index (χ1v) is 21.1. The molecule has 0 aliphatic rings. The maximum Gasteiger partial charge on any atom is 2.00 e. The Hall–Kier alpha value is 0.496. The Morgan fingerprint density at radius 1 is 0.609 bits per heavy atom. The molecule has 0 spiro atoms. The smallest absolute Gasteiger partial charge is 0.756 e. The third-order valence-corrected chi connectivity index (χ3v) is 10.2. The number of carbonyl (C=O) groups excluding carboxylic acids is 1. The maximum atomic E-state index is 12.3. The minimum Gasteiger partial charge on any atom is -0.756 e. The Bertz CT molecular complexity index is 724. The summed E-state index contributed by atoms with van der Waals surface area (Å²) in [7, 11) is -9.50. The molecule has 0 aromatic rings. The molecule has 0 aromatic carbocycles. The predicted molar refractivity (Wildman–Crippen MR) is 187 cm³/mol. The van der Waals surface area contributed by atoms with Crippen LogP contribution in [0.3, 0.4) is 0 Å². The molecule has 272 valence electrons. The van der Waals surface area contributed by atoms with Gasteiger partial charge in [0.15, 0.2) is 0 Å². The van der Waals surface area contributed by atoms with Gasteiger partial charge < -0.3 is 19.7 Å². The van der Waals surface area contributed by atoms with Crippen LogP contribution in [-0.2, 0) is 27.3 Å². The van der Waals surface area contributed by atoms with Crippen molar-refractivity contribution in [3.63, 3.8) is 0 Å². The number of hydrogen-bond donors (Lipinski definition) is 1. The SMILES string of the molecule is CC(C)CCCCCOP(=O)(OCCCCCC(C)C)OP(=O)([O-])O.CCCCCCCCCCCCCCCCCC(=O)[O-].[Mg+2]. The summed E-state index contributed by atoms with van der Waals surface area (Å²) >= 11 is 0. The van der Waals surface area contributed by atoms with Gasteiger partial charge in [-0.25, -0.2) is 8.88 Å². The number of aliphatic carboxylic acids is 1. The van der Waals surface area contributed by atoms with Gasteiger partial charge in [0.1, 0.15) is 0 Å². The van der Waals surface area contributed by atoms with E-state index in [1.807, 2.05) is 0 Å². The van der Waals surface area contributed by atoms with Gasteiger partial charge >= 0.3 is 30.9 Å². The molecule has 0 aliphatic heterocycles. The van der Waals surface area contributed by atoms with Crippen LogP contribution in [-0.4, -0.2) is 47.1 Å². The second-order valence-electron chi connectivity index (χ2n) is 13.2. The van der Waals surface area contributed by atoms with Gasteiger partial charge in [0.2, 0.25) is 0 Å². The van der Waals surface area contributed by atoms with Crippen LogP contribution in [0.15, 0.2) is 0 Å². The number of phosphoric acid groups is 2. The van der Waals surface area contributed by atoms with Gasteiger partial charge in [-0.05, 0) is 37.5 Å². The van der Waals surface area contributed by atoms with Crippen molar-refractivity contribution in [2.45, 2.75) is 189 Å². The Morgan fingerprint density at radius 3 is 1.24 bits per heavy atom. The first kappa shape index (κ1) is 50.9. The van der Waals surface area contributed by atoms with E-state index < -0.39 is 21.6 Å². The summed E-state index contributed by atoms with van der Waals surface area (Å²) in [5.74, 6) is 0.338. The van der Waals surface area contributed by atoms with Gasteiger partial charge in [-0.3, -0.25) is 13.6 Å². The summed E-state index contributed by atoms with van der Waals surface area (Å²) in [6.07, 6.45) is 27.1. The normalized spacial score (nSPS) is 12.9. The topological polar surface area (TPSA) is 145 Å². The molecule has 0 saturated heterocycles.